The number of hydrogen-bond donors (Lipinski definition) is 1. The fourth-order valence-electron chi connectivity index (χ4n) is 2.37. The van der Waals surface area contributed by atoms with Crippen LogP contribution >= 0.6 is 0 Å². The molecule has 1 aromatic carbocycles. The van der Waals surface area contributed by atoms with Crippen LogP contribution in [0.5, 0.6) is 0 Å². The van der Waals surface area contributed by atoms with Crippen LogP contribution in [-0.2, 0) is 11.2 Å². The molecule has 1 unspecified atom stereocenters. The van der Waals surface area contributed by atoms with E-state index in [1.165, 1.54) is 11.1 Å². The molecule has 16 heavy (non-hydrogen) atoms. The van der Waals surface area contributed by atoms with Gasteiger partial charge in [-0.3, -0.25) is 0 Å². The van der Waals surface area contributed by atoms with E-state index in [1.54, 1.807) is 0 Å². The first-order chi connectivity index (χ1) is 7.81. The van der Waals surface area contributed by atoms with Crippen molar-refractivity contribution in [1.29, 1.82) is 0 Å². The number of ether oxygens (including phenoxy) is 1. The predicted molar refractivity (Wildman–Crippen MR) is 66.3 cm³/mol. The summed E-state index contributed by atoms with van der Waals surface area (Å²) in [7, 11) is 0. The predicted octanol–water partition coefficient (Wildman–Crippen LogP) is 2.68. The van der Waals surface area contributed by atoms with E-state index >= 15 is 0 Å². The van der Waals surface area contributed by atoms with Crippen LogP contribution in [0.25, 0.3) is 0 Å². The first-order valence-corrected chi connectivity index (χ1v) is 6.23. The quantitative estimate of drug-likeness (QED) is 0.848. The average molecular weight is 219 g/mol. The molecule has 2 heteroatoms. The Balaban J connectivity index is 2.09. The van der Waals surface area contributed by atoms with Crippen molar-refractivity contribution in [3.63, 3.8) is 0 Å². The van der Waals surface area contributed by atoms with Crippen LogP contribution in [0.1, 0.15) is 36.9 Å². The largest absolute Gasteiger partial charge is 0.381 e. The minimum absolute atomic E-state index is 0.176. The Morgan fingerprint density at radius 1 is 1.38 bits per heavy atom. The second-order valence-corrected chi connectivity index (χ2v) is 4.57. The van der Waals surface area contributed by atoms with Gasteiger partial charge in [0.05, 0.1) is 0 Å². The van der Waals surface area contributed by atoms with Crippen LogP contribution in [0, 0.1) is 5.92 Å². The van der Waals surface area contributed by atoms with Crippen LogP contribution < -0.4 is 5.73 Å². The maximum Gasteiger partial charge on any atom is 0.0469 e. The molecule has 0 saturated carbocycles. The molecule has 88 valence electrons. The molecule has 1 heterocycles. The third kappa shape index (κ3) is 2.63. The van der Waals surface area contributed by atoms with Gasteiger partial charge in [-0.2, -0.15) is 0 Å². The number of aryl methyl sites for hydroxylation is 1. The van der Waals surface area contributed by atoms with Gasteiger partial charge in [0, 0.05) is 19.3 Å². The minimum Gasteiger partial charge on any atom is -0.381 e. The topological polar surface area (TPSA) is 35.2 Å². The lowest BCUT2D eigenvalue weighted by atomic mass is 9.87. The fraction of sp³-hybridized carbons (Fsp3) is 0.571. The van der Waals surface area contributed by atoms with Crippen molar-refractivity contribution in [2.45, 2.75) is 32.2 Å². The van der Waals surface area contributed by atoms with Gasteiger partial charge in [-0.05, 0) is 36.3 Å². The van der Waals surface area contributed by atoms with Gasteiger partial charge < -0.3 is 10.5 Å². The van der Waals surface area contributed by atoms with Crippen LogP contribution in [0.15, 0.2) is 24.3 Å². The Morgan fingerprint density at radius 2 is 2.12 bits per heavy atom. The first-order valence-electron chi connectivity index (χ1n) is 6.23. The van der Waals surface area contributed by atoms with Gasteiger partial charge in [0.1, 0.15) is 0 Å². The summed E-state index contributed by atoms with van der Waals surface area (Å²) in [6.07, 6.45) is 3.27. The van der Waals surface area contributed by atoms with E-state index in [4.69, 9.17) is 10.5 Å². The van der Waals surface area contributed by atoms with Crippen LogP contribution in [0.3, 0.4) is 0 Å². The van der Waals surface area contributed by atoms with E-state index in [0.29, 0.717) is 5.92 Å². The molecular formula is C14H21NO. The Kier molecular flexibility index (Phi) is 3.97. The summed E-state index contributed by atoms with van der Waals surface area (Å²) in [5.41, 5.74) is 9.00. The summed E-state index contributed by atoms with van der Waals surface area (Å²) in [4.78, 5) is 0. The molecule has 0 aliphatic carbocycles. The number of hydrogen-bond acceptors (Lipinski definition) is 2. The molecule has 0 spiro atoms. The van der Waals surface area contributed by atoms with Crippen molar-refractivity contribution in [1.82, 2.24) is 0 Å². The highest BCUT2D eigenvalue weighted by Crippen LogP contribution is 2.28. The Hall–Kier alpha value is -0.860. The van der Waals surface area contributed by atoms with Gasteiger partial charge in [-0.1, -0.05) is 31.2 Å². The fourth-order valence-corrected chi connectivity index (χ4v) is 2.37. The molecule has 1 atom stereocenters. The van der Waals surface area contributed by atoms with Crippen molar-refractivity contribution < 1.29 is 4.74 Å². The summed E-state index contributed by atoms with van der Waals surface area (Å²) in [5, 5.41) is 0. The van der Waals surface area contributed by atoms with Crippen LogP contribution in [0.4, 0.5) is 0 Å². The summed E-state index contributed by atoms with van der Waals surface area (Å²) >= 11 is 0. The third-order valence-electron chi connectivity index (χ3n) is 3.52. The number of nitrogens with two attached hydrogens (primary N) is 1. The zero-order valence-corrected chi connectivity index (χ0v) is 9.99. The molecule has 2 nitrogen and oxygen atoms in total. The monoisotopic (exact) mass is 219 g/mol. The molecule has 0 amide bonds. The van der Waals surface area contributed by atoms with Gasteiger partial charge in [0.15, 0.2) is 0 Å². The van der Waals surface area contributed by atoms with Crippen molar-refractivity contribution in [3.05, 3.63) is 35.4 Å². The molecular weight excluding hydrogens is 198 g/mol. The normalized spacial score (nSPS) is 19.6. The second-order valence-electron chi connectivity index (χ2n) is 4.57. The zero-order chi connectivity index (χ0) is 11.4. The summed E-state index contributed by atoms with van der Waals surface area (Å²) in [6.45, 7) is 3.91. The lowest BCUT2D eigenvalue weighted by molar-refractivity contribution is 0.0584. The summed E-state index contributed by atoms with van der Waals surface area (Å²) < 4.78 is 5.38. The van der Waals surface area contributed by atoms with Crippen LogP contribution in [-0.4, -0.2) is 13.2 Å². The molecule has 1 fully saturated rings. The van der Waals surface area contributed by atoms with E-state index in [9.17, 15) is 0 Å². The second kappa shape index (κ2) is 5.46. The molecule has 1 aliphatic rings. The van der Waals surface area contributed by atoms with E-state index < -0.39 is 0 Å². The third-order valence-corrected chi connectivity index (χ3v) is 3.52. The van der Waals surface area contributed by atoms with Gasteiger partial charge in [-0.15, -0.1) is 0 Å². The van der Waals surface area contributed by atoms with Gasteiger partial charge in [0.25, 0.3) is 0 Å². The number of rotatable bonds is 3. The average Bonchev–Trinajstić information content (AvgIpc) is 2.39. The van der Waals surface area contributed by atoms with E-state index in [2.05, 4.69) is 31.2 Å². The Morgan fingerprint density at radius 3 is 2.81 bits per heavy atom. The van der Waals surface area contributed by atoms with E-state index in [0.717, 1.165) is 32.5 Å². The van der Waals surface area contributed by atoms with Gasteiger partial charge in [0.2, 0.25) is 0 Å². The number of benzene rings is 1. The van der Waals surface area contributed by atoms with Crippen molar-refractivity contribution in [2.24, 2.45) is 11.7 Å². The Bertz CT molecular complexity index is 331. The van der Waals surface area contributed by atoms with Crippen molar-refractivity contribution >= 4 is 0 Å². The van der Waals surface area contributed by atoms with E-state index in [1.807, 2.05) is 0 Å². The van der Waals surface area contributed by atoms with Crippen molar-refractivity contribution in [2.75, 3.05) is 13.2 Å². The molecule has 0 radical (unpaired) electrons. The van der Waals surface area contributed by atoms with Crippen molar-refractivity contribution in [3.8, 4) is 0 Å². The zero-order valence-electron chi connectivity index (χ0n) is 9.99. The summed E-state index contributed by atoms with van der Waals surface area (Å²) in [6, 6.07) is 8.86. The van der Waals surface area contributed by atoms with Crippen LogP contribution in [0.2, 0.25) is 0 Å². The lowest BCUT2D eigenvalue weighted by Gasteiger charge is -2.28. The highest BCUT2D eigenvalue weighted by molar-refractivity contribution is 5.26. The molecule has 1 aliphatic heterocycles. The van der Waals surface area contributed by atoms with Gasteiger partial charge >= 0.3 is 0 Å². The van der Waals surface area contributed by atoms with E-state index in [-0.39, 0.29) is 6.04 Å². The Labute approximate surface area is 97.8 Å². The smallest absolute Gasteiger partial charge is 0.0469 e. The lowest BCUT2D eigenvalue weighted by Crippen LogP contribution is -2.27. The maximum atomic E-state index is 6.34. The molecule has 0 bridgehead atoms. The summed E-state index contributed by atoms with van der Waals surface area (Å²) in [5.74, 6) is 0.584. The molecule has 1 saturated heterocycles. The SMILES string of the molecule is CCc1cccc(C(N)C2CCOCC2)c1. The highest BCUT2D eigenvalue weighted by Gasteiger charge is 2.22. The molecule has 0 aromatic heterocycles. The molecule has 1 aromatic rings. The highest BCUT2D eigenvalue weighted by atomic mass is 16.5. The van der Waals surface area contributed by atoms with Gasteiger partial charge in [-0.25, -0.2) is 0 Å². The standard InChI is InChI=1S/C14H21NO/c1-2-11-4-3-5-13(10-11)14(15)12-6-8-16-9-7-12/h3-5,10,12,14H,2,6-9,15H2,1H3. The molecule has 2 N–H and O–H groups in total. The minimum atomic E-state index is 0.176. The first kappa shape index (κ1) is 11.6. The molecule has 2 rings (SSSR count). The maximum absolute atomic E-state index is 6.34.